The topological polar surface area (TPSA) is 99.6 Å². The number of rotatable bonds is 0. The molecule has 0 aliphatic heterocycles. The third-order valence-corrected chi connectivity index (χ3v) is 1.53. The number of nitrogens with zero attached hydrogens (tertiary/aromatic N) is 2. The summed E-state index contributed by atoms with van der Waals surface area (Å²) in [6.45, 7) is 0. The van der Waals surface area contributed by atoms with Crippen molar-refractivity contribution < 1.29 is 0 Å². The summed E-state index contributed by atoms with van der Waals surface area (Å²) in [5.74, 6) is 0. The Morgan fingerprint density at radius 2 is 1.25 bits per heavy atom. The van der Waals surface area contributed by atoms with Crippen LogP contribution in [0.5, 0.6) is 0 Å². The maximum Gasteiger partial charge on any atom is 0.101 e. The van der Waals surface area contributed by atoms with Crippen molar-refractivity contribution in [2.45, 2.75) is 0 Å². The van der Waals surface area contributed by atoms with Crippen LogP contribution in [-0.2, 0) is 0 Å². The molecule has 12 heavy (non-hydrogen) atoms. The molecule has 4 nitrogen and oxygen atoms in total. The van der Waals surface area contributed by atoms with Crippen molar-refractivity contribution in [3.8, 4) is 12.1 Å². The lowest BCUT2D eigenvalue weighted by molar-refractivity contribution is 1.45. The number of benzene rings is 1. The van der Waals surface area contributed by atoms with Crippen molar-refractivity contribution in [1.82, 2.24) is 0 Å². The van der Waals surface area contributed by atoms with Gasteiger partial charge in [0.05, 0.1) is 22.5 Å². The van der Waals surface area contributed by atoms with Crippen LogP contribution in [-0.4, -0.2) is 0 Å². The van der Waals surface area contributed by atoms with Gasteiger partial charge in [0.1, 0.15) is 12.1 Å². The molecule has 1 aromatic carbocycles. The lowest BCUT2D eigenvalue weighted by Gasteiger charge is -2.02. The molecule has 0 atom stereocenters. The van der Waals surface area contributed by atoms with E-state index < -0.39 is 0 Å². The van der Waals surface area contributed by atoms with Gasteiger partial charge in [-0.05, 0) is 12.1 Å². The molecule has 0 amide bonds. The summed E-state index contributed by atoms with van der Waals surface area (Å²) in [5.41, 5.74) is 11.9. The standard InChI is InChI=1S/C8H6N4/c9-3-5-1-2-6(4-10)8(12)7(5)11/h1-2H,11-12H2. The van der Waals surface area contributed by atoms with E-state index in [0.717, 1.165) is 0 Å². The molecule has 1 rings (SSSR count). The summed E-state index contributed by atoms with van der Waals surface area (Å²) >= 11 is 0. The largest absolute Gasteiger partial charge is 0.396 e. The van der Waals surface area contributed by atoms with Crippen LogP contribution >= 0.6 is 0 Å². The molecule has 0 bridgehead atoms. The van der Waals surface area contributed by atoms with Crippen molar-refractivity contribution in [2.24, 2.45) is 0 Å². The Hall–Kier alpha value is -2.20. The van der Waals surface area contributed by atoms with Gasteiger partial charge in [-0.15, -0.1) is 0 Å². The Morgan fingerprint density at radius 1 is 0.917 bits per heavy atom. The van der Waals surface area contributed by atoms with Crippen molar-refractivity contribution in [3.63, 3.8) is 0 Å². The van der Waals surface area contributed by atoms with Gasteiger partial charge < -0.3 is 11.5 Å². The number of nitrogens with two attached hydrogens (primary N) is 2. The maximum atomic E-state index is 8.54. The first kappa shape index (κ1) is 7.90. The zero-order valence-corrected chi connectivity index (χ0v) is 6.20. The van der Waals surface area contributed by atoms with E-state index in [0.29, 0.717) is 11.1 Å². The van der Waals surface area contributed by atoms with Gasteiger partial charge in [-0.2, -0.15) is 10.5 Å². The Labute approximate surface area is 69.6 Å². The molecular formula is C8H6N4. The zero-order valence-electron chi connectivity index (χ0n) is 6.20. The number of hydrogen-bond acceptors (Lipinski definition) is 4. The van der Waals surface area contributed by atoms with Gasteiger partial charge in [-0.3, -0.25) is 0 Å². The normalized spacial score (nSPS) is 8.50. The molecule has 0 heterocycles. The Kier molecular flexibility index (Phi) is 1.85. The highest BCUT2D eigenvalue weighted by atomic mass is 14.7. The van der Waals surface area contributed by atoms with Gasteiger partial charge >= 0.3 is 0 Å². The van der Waals surface area contributed by atoms with Crippen molar-refractivity contribution in [2.75, 3.05) is 11.5 Å². The molecule has 58 valence electrons. The molecule has 0 spiro atoms. The number of nitriles is 2. The summed E-state index contributed by atoms with van der Waals surface area (Å²) in [6.07, 6.45) is 0. The fraction of sp³-hybridized carbons (Fsp3) is 0. The summed E-state index contributed by atoms with van der Waals surface area (Å²) in [5, 5.41) is 17.1. The van der Waals surface area contributed by atoms with Crippen LogP contribution in [0.3, 0.4) is 0 Å². The molecule has 4 N–H and O–H groups in total. The first-order valence-electron chi connectivity index (χ1n) is 3.19. The summed E-state index contributed by atoms with van der Waals surface area (Å²) < 4.78 is 0. The minimum absolute atomic E-state index is 0.177. The highest BCUT2D eigenvalue weighted by Gasteiger charge is 2.05. The second-order valence-electron chi connectivity index (χ2n) is 2.21. The monoisotopic (exact) mass is 158 g/mol. The van der Waals surface area contributed by atoms with Crippen LogP contribution in [0.2, 0.25) is 0 Å². The van der Waals surface area contributed by atoms with E-state index in [1.807, 2.05) is 12.1 Å². The average molecular weight is 158 g/mol. The van der Waals surface area contributed by atoms with E-state index in [1.165, 1.54) is 12.1 Å². The molecule has 4 heteroatoms. The Morgan fingerprint density at radius 3 is 1.50 bits per heavy atom. The molecule has 0 radical (unpaired) electrons. The predicted molar refractivity (Wildman–Crippen MR) is 44.7 cm³/mol. The number of nitrogen functional groups attached to an aromatic ring is 2. The van der Waals surface area contributed by atoms with E-state index in [4.69, 9.17) is 22.0 Å². The molecular weight excluding hydrogens is 152 g/mol. The van der Waals surface area contributed by atoms with Gasteiger partial charge in [0.25, 0.3) is 0 Å². The highest BCUT2D eigenvalue weighted by molar-refractivity contribution is 5.76. The SMILES string of the molecule is N#Cc1ccc(C#N)c(N)c1N. The van der Waals surface area contributed by atoms with Gasteiger partial charge in [0.2, 0.25) is 0 Å². The summed E-state index contributed by atoms with van der Waals surface area (Å²) in [7, 11) is 0. The predicted octanol–water partition coefficient (Wildman–Crippen LogP) is 0.594. The number of anilines is 2. The second-order valence-corrected chi connectivity index (χ2v) is 2.21. The molecule has 0 saturated carbocycles. The van der Waals surface area contributed by atoms with Crippen molar-refractivity contribution in [3.05, 3.63) is 23.3 Å². The van der Waals surface area contributed by atoms with Crippen LogP contribution in [0.4, 0.5) is 11.4 Å². The lowest BCUT2D eigenvalue weighted by Crippen LogP contribution is -2.00. The fourth-order valence-electron chi connectivity index (χ4n) is 0.831. The molecule has 1 aromatic rings. The van der Waals surface area contributed by atoms with Gasteiger partial charge in [0.15, 0.2) is 0 Å². The van der Waals surface area contributed by atoms with Crippen molar-refractivity contribution in [1.29, 1.82) is 10.5 Å². The van der Waals surface area contributed by atoms with Gasteiger partial charge in [-0.1, -0.05) is 0 Å². The average Bonchev–Trinajstić information content (AvgIpc) is 2.10. The van der Waals surface area contributed by atoms with E-state index in [9.17, 15) is 0 Å². The molecule has 0 unspecified atom stereocenters. The third-order valence-electron chi connectivity index (χ3n) is 1.53. The minimum Gasteiger partial charge on any atom is -0.396 e. The quantitative estimate of drug-likeness (QED) is 0.540. The van der Waals surface area contributed by atoms with Crippen LogP contribution in [0.15, 0.2) is 12.1 Å². The van der Waals surface area contributed by atoms with Gasteiger partial charge in [-0.25, -0.2) is 0 Å². The number of hydrogen-bond donors (Lipinski definition) is 2. The van der Waals surface area contributed by atoms with Crippen LogP contribution in [0.25, 0.3) is 0 Å². The molecule has 0 aliphatic carbocycles. The first-order valence-corrected chi connectivity index (χ1v) is 3.19. The molecule has 0 saturated heterocycles. The van der Waals surface area contributed by atoms with Crippen LogP contribution in [0, 0.1) is 22.7 Å². The Balaban J connectivity index is 3.45. The first-order chi connectivity index (χ1) is 5.70. The molecule has 0 aliphatic rings. The summed E-state index contributed by atoms with van der Waals surface area (Å²) in [4.78, 5) is 0. The van der Waals surface area contributed by atoms with E-state index in [-0.39, 0.29) is 11.4 Å². The van der Waals surface area contributed by atoms with Crippen molar-refractivity contribution >= 4 is 11.4 Å². The van der Waals surface area contributed by atoms with Gasteiger partial charge in [0, 0.05) is 0 Å². The second kappa shape index (κ2) is 2.81. The maximum absolute atomic E-state index is 8.54. The van der Waals surface area contributed by atoms with E-state index in [2.05, 4.69) is 0 Å². The smallest absolute Gasteiger partial charge is 0.101 e. The van der Waals surface area contributed by atoms with Crippen LogP contribution in [0.1, 0.15) is 11.1 Å². The van der Waals surface area contributed by atoms with E-state index >= 15 is 0 Å². The fourth-order valence-corrected chi connectivity index (χ4v) is 0.831. The summed E-state index contributed by atoms with van der Waals surface area (Å²) in [6, 6.07) is 6.70. The third kappa shape index (κ3) is 1.02. The molecule has 0 aromatic heterocycles. The van der Waals surface area contributed by atoms with E-state index in [1.54, 1.807) is 0 Å². The zero-order chi connectivity index (χ0) is 9.14. The molecule has 0 fully saturated rings. The van der Waals surface area contributed by atoms with Crippen LogP contribution < -0.4 is 11.5 Å². The minimum atomic E-state index is 0.177. The lowest BCUT2D eigenvalue weighted by atomic mass is 10.1. The Bertz CT molecular complexity index is 356. The highest BCUT2D eigenvalue weighted by Crippen LogP contribution is 2.22.